The van der Waals surface area contributed by atoms with Crippen molar-refractivity contribution in [1.82, 2.24) is 9.97 Å². The Labute approximate surface area is 168 Å². The Morgan fingerprint density at radius 1 is 0.967 bits per heavy atom. The van der Waals surface area contributed by atoms with Crippen LogP contribution in [0, 0.1) is 0 Å². The number of primary amides is 1. The monoisotopic (exact) mass is 412 g/mol. The number of carbonyl (C=O) groups is 1. The summed E-state index contributed by atoms with van der Waals surface area (Å²) in [6.07, 6.45) is -4.73. The maximum absolute atomic E-state index is 12.2. The third kappa shape index (κ3) is 4.35. The van der Waals surface area contributed by atoms with Gasteiger partial charge >= 0.3 is 6.36 Å². The molecule has 0 atom stereocenters. The minimum absolute atomic E-state index is 0.301. The molecule has 1 heterocycles. The molecule has 0 radical (unpaired) electrons. The number of alkyl halides is 3. The summed E-state index contributed by atoms with van der Waals surface area (Å²) in [7, 11) is 0. The molecule has 0 aliphatic heterocycles. The average molecular weight is 412 g/mol. The molecule has 0 fully saturated rings. The van der Waals surface area contributed by atoms with Gasteiger partial charge in [-0.25, -0.2) is 4.98 Å². The molecule has 0 aliphatic carbocycles. The van der Waals surface area contributed by atoms with Crippen molar-refractivity contribution in [2.24, 2.45) is 5.73 Å². The Kier molecular flexibility index (Phi) is 4.78. The number of nitrogens with zero attached hydrogens (tertiary/aromatic N) is 1. The van der Waals surface area contributed by atoms with Crippen LogP contribution >= 0.6 is 0 Å². The van der Waals surface area contributed by atoms with Crippen molar-refractivity contribution in [3.05, 3.63) is 72.3 Å². The third-order valence-corrected chi connectivity index (χ3v) is 4.34. The number of nitrogens with one attached hydrogen (secondary N) is 2. The normalized spacial score (nSPS) is 11.4. The van der Waals surface area contributed by atoms with E-state index in [0.717, 1.165) is 16.6 Å². The number of carbonyl (C=O) groups excluding carboxylic acids is 1. The molecule has 4 N–H and O–H groups in total. The number of benzene rings is 3. The van der Waals surface area contributed by atoms with E-state index in [9.17, 15) is 18.0 Å². The molecule has 0 bridgehead atoms. The quantitative estimate of drug-likeness (QED) is 0.431. The molecule has 0 saturated carbocycles. The number of hydrogen-bond acceptors (Lipinski definition) is 4. The van der Waals surface area contributed by atoms with Gasteiger partial charge in [0.15, 0.2) is 0 Å². The van der Waals surface area contributed by atoms with Gasteiger partial charge in [0.05, 0.1) is 11.0 Å². The van der Waals surface area contributed by atoms with E-state index in [1.54, 1.807) is 24.3 Å². The number of nitrogens with two attached hydrogens (primary N) is 1. The summed E-state index contributed by atoms with van der Waals surface area (Å²) in [6.45, 7) is 0. The molecule has 6 nitrogen and oxygen atoms in total. The van der Waals surface area contributed by atoms with Crippen LogP contribution in [-0.2, 0) is 0 Å². The first kappa shape index (κ1) is 19.3. The molecule has 1 aromatic heterocycles. The summed E-state index contributed by atoms with van der Waals surface area (Å²) in [5, 5.41) is 3.01. The Hall–Kier alpha value is -4.01. The fourth-order valence-electron chi connectivity index (χ4n) is 2.95. The lowest BCUT2D eigenvalue weighted by Crippen LogP contribution is -2.16. The van der Waals surface area contributed by atoms with Crippen molar-refractivity contribution >= 4 is 28.6 Å². The van der Waals surface area contributed by atoms with Crippen LogP contribution in [0.25, 0.3) is 22.2 Å². The van der Waals surface area contributed by atoms with Gasteiger partial charge in [-0.3, -0.25) is 4.79 Å². The van der Waals surface area contributed by atoms with Gasteiger partial charge in [0.1, 0.15) is 5.75 Å². The minimum Gasteiger partial charge on any atom is -0.406 e. The van der Waals surface area contributed by atoms with Gasteiger partial charge in [0.2, 0.25) is 11.9 Å². The van der Waals surface area contributed by atoms with Gasteiger partial charge < -0.3 is 20.8 Å². The number of halogens is 3. The maximum Gasteiger partial charge on any atom is 0.573 e. The van der Waals surface area contributed by atoms with E-state index < -0.39 is 12.3 Å². The largest absolute Gasteiger partial charge is 0.573 e. The lowest BCUT2D eigenvalue weighted by molar-refractivity contribution is -0.274. The lowest BCUT2D eigenvalue weighted by atomic mass is 10.0. The van der Waals surface area contributed by atoms with Gasteiger partial charge in [-0.15, -0.1) is 13.2 Å². The number of anilines is 2. The van der Waals surface area contributed by atoms with Crippen LogP contribution in [-0.4, -0.2) is 22.2 Å². The van der Waals surface area contributed by atoms with Crippen molar-refractivity contribution in [3.63, 3.8) is 0 Å². The van der Waals surface area contributed by atoms with Gasteiger partial charge in [0, 0.05) is 11.3 Å². The van der Waals surface area contributed by atoms with Crippen LogP contribution in [0.1, 0.15) is 10.4 Å². The smallest absolute Gasteiger partial charge is 0.406 e. The van der Waals surface area contributed by atoms with E-state index in [-0.39, 0.29) is 5.75 Å². The van der Waals surface area contributed by atoms with E-state index in [1.807, 2.05) is 18.2 Å². The van der Waals surface area contributed by atoms with Crippen molar-refractivity contribution < 1.29 is 22.7 Å². The van der Waals surface area contributed by atoms with Crippen LogP contribution in [0.4, 0.5) is 24.8 Å². The number of rotatable bonds is 5. The molecule has 9 heteroatoms. The third-order valence-electron chi connectivity index (χ3n) is 4.34. The Bertz CT molecular complexity index is 1200. The summed E-state index contributed by atoms with van der Waals surface area (Å²) in [5.41, 5.74) is 9.55. The fraction of sp³-hybridized carbons (Fsp3) is 0.0476. The second-order valence-electron chi connectivity index (χ2n) is 6.46. The molecule has 0 unspecified atom stereocenters. The maximum atomic E-state index is 12.2. The number of imidazole rings is 1. The van der Waals surface area contributed by atoms with Crippen LogP contribution in [0.15, 0.2) is 66.7 Å². The van der Waals surface area contributed by atoms with Gasteiger partial charge in [-0.05, 0) is 59.7 Å². The zero-order valence-electron chi connectivity index (χ0n) is 15.3. The number of ether oxygens (including phenoxy) is 1. The van der Waals surface area contributed by atoms with Crippen molar-refractivity contribution in [2.45, 2.75) is 6.36 Å². The molecule has 30 heavy (non-hydrogen) atoms. The number of amides is 1. The standard InChI is InChI=1S/C21H15F3N4O2/c22-21(23,24)30-16-8-6-15(7-9-16)26-20-27-17-10-5-14(11-18(17)28-20)12-1-3-13(4-2-12)19(25)29/h1-11H,(H2,25,29)(H2,26,27,28). The molecular weight excluding hydrogens is 397 g/mol. The highest BCUT2D eigenvalue weighted by molar-refractivity contribution is 5.93. The first-order valence-corrected chi connectivity index (χ1v) is 8.80. The lowest BCUT2D eigenvalue weighted by Gasteiger charge is -2.09. The first-order chi connectivity index (χ1) is 14.3. The topological polar surface area (TPSA) is 93.0 Å². The summed E-state index contributed by atoms with van der Waals surface area (Å²) < 4.78 is 40.6. The Balaban J connectivity index is 1.53. The Morgan fingerprint density at radius 2 is 1.63 bits per heavy atom. The van der Waals surface area contributed by atoms with Crippen LogP contribution in [0.3, 0.4) is 0 Å². The van der Waals surface area contributed by atoms with Crippen molar-refractivity contribution in [3.8, 4) is 16.9 Å². The molecule has 1 amide bonds. The van der Waals surface area contributed by atoms with E-state index in [2.05, 4.69) is 20.0 Å². The zero-order chi connectivity index (χ0) is 21.3. The van der Waals surface area contributed by atoms with Crippen molar-refractivity contribution in [2.75, 3.05) is 5.32 Å². The fourth-order valence-corrected chi connectivity index (χ4v) is 2.95. The van der Waals surface area contributed by atoms with E-state index in [4.69, 9.17) is 5.73 Å². The number of H-pyrrole nitrogens is 1. The summed E-state index contributed by atoms with van der Waals surface area (Å²) in [5.74, 6) is -0.348. The summed E-state index contributed by atoms with van der Waals surface area (Å²) in [4.78, 5) is 18.8. The highest BCUT2D eigenvalue weighted by Gasteiger charge is 2.30. The molecule has 152 valence electrons. The molecule has 3 aromatic carbocycles. The number of aromatic nitrogens is 2. The average Bonchev–Trinajstić information content (AvgIpc) is 3.10. The van der Waals surface area contributed by atoms with Crippen LogP contribution in [0.2, 0.25) is 0 Å². The van der Waals surface area contributed by atoms with E-state index in [1.165, 1.54) is 24.3 Å². The Morgan fingerprint density at radius 3 is 2.27 bits per heavy atom. The number of aromatic amines is 1. The predicted molar refractivity (Wildman–Crippen MR) is 106 cm³/mol. The van der Waals surface area contributed by atoms with Crippen LogP contribution < -0.4 is 15.8 Å². The number of hydrogen-bond donors (Lipinski definition) is 3. The molecule has 4 rings (SSSR count). The predicted octanol–water partition coefficient (Wildman–Crippen LogP) is 4.97. The SMILES string of the molecule is NC(=O)c1ccc(-c2ccc3nc(Nc4ccc(OC(F)(F)F)cc4)[nH]c3c2)cc1. The molecule has 4 aromatic rings. The van der Waals surface area contributed by atoms with Crippen molar-refractivity contribution in [1.29, 1.82) is 0 Å². The summed E-state index contributed by atoms with van der Waals surface area (Å²) in [6, 6.07) is 17.9. The van der Waals surface area contributed by atoms with Gasteiger partial charge in [-0.1, -0.05) is 18.2 Å². The first-order valence-electron chi connectivity index (χ1n) is 8.80. The van der Waals surface area contributed by atoms with Gasteiger partial charge in [0.25, 0.3) is 0 Å². The number of fused-ring (bicyclic) bond motifs is 1. The van der Waals surface area contributed by atoms with E-state index in [0.29, 0.717) is 22.7 Å². The zero-order valence-corrected chi connectivity index (χ0v) is 15.3. The van der Waals surface area contributed by atoms with Crippen LogP contribution in [0.5, 0.6) is 5.75 Å². The molecule has 0 saturated heterocycles. The van der Waals surface area contributed by atoms with E-state index >= 15 is 0 Å². The summed E-state index contributed by atoms with van der Waals surface area (Å²) >= 11 is 0. The highest BCUT2D eigenvalue weighted by Crippen LogP contribution is 2.27. The molecule has 0 aliphatic rings. The highest BCUT2D eigenvalue weighted by atomic mass is 19.4. The minimum atomic E-state index is -4.73. The molecular formula is C21H15F3N4O2. The second-order valence-corrected chi connectivity index (χ2v) is 6.46. The molecule has 0 spiro atoms. The second kappa shape index (κ2) is 7.43. The van der Waals surface area contributed by atoms with Gasteiger partial charge in [-0.2, -0.15) is 0 Å².